The van der Waals surface area contributed by atoms with E-state index in [1.54, 1.807) is 18.2 Å². The summed E-state index contributed by atoms with van der Waals surface area (Å²) in [6.45, 7) is -0.412. The molecule has 1 aliphatic rings. The van der Waals surface area contributed by atoms with Gasteiger partial charge in [0, 0.05) is 12.8 Å². The zero-order valence-corrected chi connectivity index (χ0v) is 18.3. The van der Waals surface area contributed by atoms with Crippen molar-refractivity contribution >= 4 is 17.1 Å². The molecule has 33 heavy (non-hydrogen) atoms. The minimum absolute atomic E-state index is 0.0630. The zero-order chi connectivity index (χ0) is 23.7. The number of ether oxygens (including phenoxy) is 3. The van der Waals surface area contributed by atoms with Gasteiger partial charge in [-0.15, -0.1) is 0 Å². The molecule has 0 saturated carbocycles. The number of aliphatic hydroxyl groups excluding tert-OH is 3. The Bertz CT molecular complexity index is 1190. The molecule has 3 aromatic rings. The van der Waals surface area contributed by atoms with E-state index in [2.05, 4.69) is 9.97 Å². The summed E-state index contributed by atoms with van der Waals surface area (Å²) in [5.41, 5.74) is 6.62. The average molecular weight is 461 g/mol. The molecule has 12 heteroatoms. The average Bonchev–Trinajstić information content (AvgIpc) is 3.39. The van der Waals surface area contributed by atoms with Crippen LogP contribution in [0.1, 0.15) is 18.2 Å². The van der Waals surface area contributed by atoms with Crippen molar-refractivity contribution in [1.29, 1.82) is 0 Å². The number of imidazole rings is 1. The maximum absolute atomic E-state index is 13.0. The molecule has 1 fully saturated rings. The quantitative estimate of drug-likeness (QED) is 0.341. The summed E-state index contributed by atoms with van der Waals surface area (Å²) < 4.78 is 18.8. The summed E-state index contributed by atoms with van der Waals surface area (Å²) in [5, 5.41) is 29.9. The maximum Gasteiger partial charge on any atom is 0.283 e. The Balaban J connectivity index is 1.56. The van der Waals surface area contributed by atoms with E-state index in [4.69, 9.17) is 19.9 Å². The van der Waals surface area contributed by atoms with Crippen LogP contribution >= 0.6 is 0 Å². The molecule has 1 aliphatic heterocycles. The van der Waals surface area contributed by atoms with Gasteiger partial charge in [-0.2, -0.15) is 4.98 Å². The van der Waals surface area contributed by atoms with Gasteiger partial charge in [-0.25, -0.2) is 4.98 Å². The van der Waals surface area contributed by atoms with Crippen molar-refractivity contribution in [2.24, 2.45) is 0 Å². The van der Waals surface area contributed by atoms with Crippen molar-refractivity contribution in [2.75, 3.05) is 26.6 Å². The molecule has 4 rings (SSSR count). The van der Waals surface area contributed by atoms with Crippen LogP contribution in [-0.2, 0) is 17.7 Å². The molecule has 0 aliphatic carbocycles. The molecule has 1 saturated heterocycles. The molecule has 12 nitrogen and oxygen atoms in total. The molecule has 178 valence electrons. The molecule has 1 aromatic carbocycles. The lowest BCUT2D eigenvalue weighted by Crippen LogP contribution is -2.31. The molecule has 5 N–H and O–H groups in total. The minimum Gasteiger partial charge on any atom is -0.493 e. The molecule has 0 spiro atoms. The number of benzene rings is 1. The lowest BCUT2D eigenvalue weighted by molar-refractivity contribution is -0.0432. The number of aliphatic hydroxyl groups is 3. The predicted octanol–water partition coefficient (Wildman–Crippen LogP) is -0.563. The lowest BCUT2D eigenvalue weighted by atomic mass is 10.1. The number of nitrogens with zero attached hydrogens (tertiary/aromatic N) is 4. The van der Waals surface area contributed by atoms with Crippen LogP contribution in [0.25, 0.3) is 11.2 Å². The molecular weight excluding hydrogens is 434 g/mol. The fourth-order valence-corrected chi connectivity index (χ4v) is 4.01. The van der Waals surface area contributed by atoms with E-state index in [1.807, 2.05) is 0 Å². The van der Waals surface area contributed by atoms with Crippen molar-refractivity contribution in [3.63, 3.8) is 0 Å². The highest BCUT2D eigenvalue weighted by atomic mass is 16.5. The van der Waals surface area contributed by atoms with Crippen LogP contribution in [0.4, 0.5) is 5.95 Å². The monoisotopic (exact) mass is 461 g/mol. The molecular formula is C21H27N5O7. The molecule has 0 radical (unpaired) electrons. The summed E-state index contributed by atoms with van der Waals surface area (Å²) in [7, 11) is 3.07. The first-order valence-electron chi connectivity index (χ1n) is 10.4. The first-order valence-corrected chi connectivity index (χ1v) is 10.4. The van der Waals surface area contributed by atoms with Gasteiger partial charge in [-0.1, -0.05) is 6.07 Å². The van der Waals surface area contributed by atoms with Gasteiger partial charge in [0.15, 0.2) is 22.7 Å². The summed E-state index contributed by atoms with van der Waals surface area (Å²) in [6, 6.07) is 5.30. The third-order valence-electron chi connectivity index (χ3n) is 5.72. The topological polar surface area (TPSA) is 167 Å². The smallest absolute Gasteiger partial charge is 0.283 e. The Hall–Kier alpha value is -3.19. The van der Waals surface area contributed by atoms with E-state index in [0.717, 1.165) is 5.56 Å². The Kier molecular flexibility index (Phi) is 6.51. The van der Waals surface area contributed by atoms with Gasteiger partial charge >= 0.3 is 0 Å². The highest BCUT2D eigenvalue weighted by molar-refractivity contribution is 5.71. The van der Waals surface area contributed by atoms with E-state index < -0.39 is 30.1 Å². The highest BCUT2D eigenvalue weighted by Crippen LogP contribution is 2.30. The second-order valence-electron chi connectivity index (χ2n) is 7.87. The van der Waals surface area contributed by atoms with E-state index >= 15 is 0 Å². The Labute approximate surface area is 188 Å². The van der Waals surface area contributed by atoms with E-state index in [0.29, 0.717) is 11.5 Å². The molecule has 0 amide bonds. The third-order valence-corrected chi connectivity index (χ3v) is 5.72. The predicted molar refractivity (Wildman–Crippen MR) is 117 cm³/mol. The molecule has 2 aromatic heterocycles. The fourth-order valence-electron chi connectivity index (χ4n) is 4.01. The van der Waals surface area contributed by atoms with Crippen LogP contribution in [0.3, 0.4) is 0 Å². The van der Waals surface area contributed by atoms with Crippen molar-refractivity contribution in [3.8, 4) is 11.5 Å². The Morgan fingerprint density at radius 3 is 2.73 bits per heavy atom. The maximum atomic E-state index is 13.0. The van der Waals surface area contributed by atoms with E-state index in [9.17, 15) is 20.1 Å². The third kappa shape index (κ3) is 4.37. The van der Waals surface area contributed by atoms with Crippen LogP contribution < -0.4 is 20.8 Å². The van der Waals surface area contributed by atoms with Gasteiger partial charge < -0.3 is 35.3 Å². The summed E-state index contributed by atoms with van der Waals surface area (Å²) >= 11 is 0. The van der Waals surface area contributed by atoms with Crippen LogP contribution in [0.15, 0.2) is 29.3 Å². The van der Waals surface area contributed by atoms with Crippen molar-refractivity contribution < 1.29 is 29.5 Å². The number of anilines is 1. The van der Waals surface area contributed by atoms with Crippen LogP contribution in [0.5, 0.6) is 11.5 Å². The van der Waals surface area contributed by atoms with E-state index in [-0.39, 0.29) is 43.1 Å². The number of hydrogen-bond donors (Lipinski definition) is 4. The van der Waals surface area contributed by atoms with Crippen LogP contribution in [-0.4, -0.2) is 73.6 Å². The number of rotatable bonds is 8. The number of hydrogen-bond acceptors (Lipinski definition) is 10. The standard InChI is InChI=1S/C21H27N5O7/c1-31-14-4-3-11(6-15(14)32-2)5-12(28)8-25-20(30)18-19(24-21(25)22)26(10-23-18)17-7-13(29)16(9-27)33-17/h3-4,6,10,12-13,16-17,27-29H,5,7-9H2,1-2H3,(H2,22,24). The van der Waals surface area contributed by atoms with Gasteiger partial charge in [-0.05, 0) is 17.7 Å². The van der Waals surface area contributed by atoms with Gasteiger partial charge in [0.25, 0.3) is 5.56 Å². The zero-order valence-electron chi connectivity index (χ0n) is 18.3. The first kappa shape index (κ1) is 23.0. The minimum atomic E-state index is -0.928. The molecule has 0 bridgehead atoms. The largest absolute Gasteiger partial charge is 0.493 e. The van der Waals surface area contributed by atoms with Crippen LogP contribution in [0, 0.1) is 0 Å². The van der Waals surface area contributed by atoms with Crippen molar-refractivity contribution in [3.05, 3.63) is 40.4 Å². The lowest BCUT2D eigenvalue weighted by Gasteiger charge is -2.16. The number of aromatic nitrogens is 4. The normalized spacial score (nSPS) is 21.4. The second kappa shape index (κ2) is 9.35. The molecule has 3 heterocycles. The molecule has 4 atom stereocenters. The molecule has 4 unspecified atom stereocenters. The van der Waals surface area contributed by atoms with Crippen LogP contribution in [0.2, 0.25) is 0 Å². The van der Waals surface area contributed by atoms with Crippen molar-refractivity contribution in [2.45, 2.75) is 43.9 Å². The summed E-state index contributed by atoms with van der Waals surface area (Å²) in [5.74, 6) is 1.03. The fraction of sp³-hybridized carbons (Fsp3) is 0.476. The number of fused-ring (bicyclic) bond motifs is 1. The number of nitrogens with two attached hydrogens (primary N) is 1. The van der Waals surface area contributed by atoms with Crippen molar-refractivity contribution in [1.82, 2.24) is 19.1 Å². The van der Waals surface area contributed by atoms with Gasteiger partial charge in [0.1, 0.15) is 12.3 Å². The summed E-state index contributed by atoms with van der Waals surface area (Å²) in [4.78, 5) is 21.5. The van der Waals surface area contributed by atoms with Gasteiger partial charge in [0.2, 0.25) is 5.95 Å². The second-order valence-corrected chi connectivity index (χ2v) is 7.87. The van der Waals surface area contributed by atoms with Gasteiger partial charge in [-0.3, -0.25) is 13.9 Å². The number of methoxy groups -OCH3 is 2. The number of nitrogen functional groups attached to an aromatic ring is 1. The Morgan fingerprint density at radius 1 is 1.30 bits per heavy atom. The summed E-state index contributed by atoms with van der Waals surface area (Å²) in [6.07, 6.45) is -1.29. The Morgan fingerprint density at radius 2 is 2.06 bits per heavy atom. The van der Waals surface area contributed by atoms with E-state index in [1.165, 1.54) is 29.7 Å². The first-order chi connectivity index (χ1) is 15.9. The van der Waals surface area contributed by atoms with Gasteiger partial charge in [0.05, 0.1) is 45.9 Å². The SMILES string of the molecule is COc1ccc(CC(O)Cn2c(N)nc3c(ncn3C3CC(O)C(CO)O3)c2=O)cc1OC. The highest BCUT2D eigenvalue weighted by Gasteiger charge is 2.35.